The number of ether oxygens (including phenoxy) is 1. The molecule has 1 amide bonds. The lowest BCUT2D eigenvalue weighted by Crippen LogP contribution is -2.29. The minimum atomic E-state index is -0.0655. The molecule has 0 fully saturated rings. The quantitative estimate of drug-likeness (QED) is 0.736. The first-order chi connectivity index (χ1) is 10.8. The molecule has 2 rings (SSSR count). The standard InChI is InChI=1S/C18H20N2O2/c1-2-12-19-18(21)13-20-16-8-10-17(11-9-16)22-14-15-6-4-3-5-7-15/h2-11,20H,1,12-14H2,(H,19,21). The Morgan fingerprint density at radius 1 is 1.09 bits per heavy atom. The number of amides is 1. The Hall–Kier alpha value is -2.75. The summed E-state index contributed by atoms with van der Waals surface area (Å²) >= 11 is 0. The summed E-state index contributed by atoms with van der Waals surface area (Å²) in [6, 6.07) is 17.6. The van der Waals surface area contributed by atoms with Gasteiger partial charge >= 0.3 is 0 Å². The normalized spacial score (nSPS) is 9.82. The summed E-state index contributed by atoms with van der Waals surface area (Å²) in [6.07, 6.45) is 1.65. The van der Waals surface area contributed by atoms with Crippen LogP contribution in [0.5, 0.6) is 5.75 Å². The first-order valence-corrected chi connectivity index (χ1v) is 7.16. The summed E-state index contributed by atoms with van der Waals surface area (Å²) < 4.78 is 5.71. The largest absolute Gasteiger partial charge is 0.489 e. The minimum Gasteiger partial charge on any atom is -0.489 e. The Labute approximate surface area is 130 Å². The second-order valence-electron chi connectivity index (χ2n) is 4.74. The van der Waals surface area contributed by atoms with Gasteiger partial charge in [0, 0.05) is 12.2 Å². The first-order valence-electron chi connectivity index (χ1n) is 7.16. The van der Waals surface area contributed by atoms with Crippen LogP contribution < -0.4 is 15.4 Å². The fourth-order valence-corrected chi connectivity index (χ4v) is 1.84. The van der Waals surface area contributed by atoms with Gasteiger partial charge in [0.25, 0.3) is 0 Å². The van der Waals surface area contributed by atoms with Crippen molar-refractivity contribution in [2.45, 2.75) is 6.61 Å². The van der Waals surface area contributed by atoms with Crippen LogP contribution in [-0.4, -0.2) is 19.0 Å². The van der Waals surface area contributed by atoms with Crippen LogP contribution in [0.2, 0.25) is 0 Å². The molecule has 0 radical (unpaired) electrons. The summed E-state index contributed by atoms with van der Waals surface area (Å²) in [4.78, 5) is 11.5. The molecule has 0 aliphatic carbocycles. The minimum absolute atomic E-state index is 0.0655. The Bertz CT molecular complexity index is 594. The molecule has 0 aliphatic rings. The highest BCUT2D eigenvalue weighted by atomic mass is 16.5. The van der Waals surface area contributed by atoms with Gasteiger partial charge in [-0.3, -0.25) is 4.79 Å². The van der Waals surface area contributed by atoms with E-state index in [0.717, 1.165) is 17.0 Å². The average molecular weight is 296 g/mol. The molecule has 0 aliphatic heterocycles. The third-order valence-corrected chi connectivity index (χ3v) is 3.00. The van der Waals surface area contributed by atoms with Crippen LogP contribution in [0.3, 0.4) is 0 Å². The lowest BCUT2D eigenvalue weighted by Gasteiger charge is -2.09. The van der Waals surface area contributed by atoms with Crippen molar-refractivity contribution >= 4 is 11.6 Å². The van der Waals surface area contributed by atoms with E-state index in [1.54, 1.807) is 6.08 Å². The number of rotatable bonds is 8. The molecule has 0 atom stereocenters. The van der Waals surface area contributed by atoms with Crippen molar-refractivity contribution in [1.82, 2.24) is 5.32 Å². The highest BCUT2D eigenvalue weighted by molar-refractivity contribution is 5.80. The number of anilines is 1. The number of hydrogen-bond acceptors (Lipinski definition) is 3. The van der Waals surface area contributed by atoms with Gasteiger partial charge in [-0.1, -0.05) is 36.4 Å². The third-order valence-electron chi connectivity index (χ3n) is 3.00. The number of benzene rings is 2. The van der Waals surface area contributed by atoms with Gasteiger partial charge in [0.15, 0.2) is 0 Å². The molecule has 2 aromatic rings. The van der Waals surface area contributed by atoms with Crippen LogP contribution in [0, 0.1) is 0 Å². The maximum absolute atomic E-state index is 11.5. The third kappa shape index (κ3) is 5.32. The van der Waals surface area contributed by atoms with Gasteiger partial charge in [0.2, 0.25) is 5.91 Å². The van der Waals surface area contributed by atoms with E-state index < -0.39 is 0 Å². The van der Waals surface area contributed by atoms with Gasteiger partial charge < -0.3 is 15.4 Å². The van der Waals surface area contributed by atoms with Crippen molar-refractivity contribution < 1.29 is 9.53 Å². The monoisotopic (exact) mass is 296 g/mol. The van der Waals surface area contributed by atoms with Crippen LogP contribution in [0.15, 0.2) is 67.3 Å². The molecule has 0 unspecified atom stereocenters. The van der Waals surface area contributed by atoms with Gasteiger partial charge in [0.05, 0.1) is 6.54 Å². The van der Waals surface area contributed by atoms with Gasteiger partial charge in [0.1, 0.15) is 12.4 Å². The number of carbonyl (C=O) groups is 1. The molecule has 0 bridgehead atoms. The first kappa shape index (κ1) is 15.6. The number of carbonyl (C=O) groups excluding carboxylic acids is 1. The molecule has 0 aromatic heterocycles. The van der Waals surface area contributed by atoms with E-state index >= 15 is 0 Å². The van der Waals surface area contributed by atoms with Crippen LogP contribution in [0.25, 0.3) is 0 Å². The van der Waals surface area contributed by atoms with E-state index in [-0.39, 0.29) is 12.5 Å². The maximum atomic E-state index is 11.5. The molecule has 0 spiro atoms. The van der Waals surface area contributed by atoms with Crippen molar-refractivity contribution in [2.24, 2.45) is 0 Å². The van der Waals surface area contributed by atoms with Gasteiger partial charge in [-0.2, -0.15) is 0 Å². The predicted octanol–water partition coefficient (Wildman–Crippen LogP) is 2.98. The Morgan fingerprint density at radius 2 is 1.82 bits per heavy atom. The number of nitrogens with one attached hydrogen (secondary N) is 2. The molecule has 0 heterocycles. The summed E-state index contributed by atoms with van der Waals surface area (Å²) in [5.41, 5.74) is 2.00. The van der Waals surface area contributed by atoms with Crippen LogP contribution in [0.4, 0.5) is 5.69 Å². The Kier molecular flexibility index (Phi) is 6.05. The molecule has 22 heavy (non-hydrogen) atoms. The zero-order valence-corrected chi connectivity index (χ0v) is 12.4. The highest BCUT2D eigenvalue weighted by Crippen LogP contribution is 2.16. The molecule has 0 saturated carbocycles. The summed E-state index contributed by atoms with van der Waals surface area (Å²) in [5.74, 6) is 0.731. The second kappa shape index (κ2) is 8.52. The lowest BCUT2D eigenvalue weighted by molar-refractivity contribution is -0.119. The van der Waals surface area contributed by atoms with Crippen LogP contribution >= 0.6 is 0 Å². The molecular weight excluding hydrogens is 276 g/mol. The van der Waals surface area contributed by atoms with E-state index in [1.165, 1.54) is 0 Å². The smallest absolute Gasteiger partial charge is 0.239 e. The van der Waals surface area contributed by atoms with E-state index in [4.69, 9.17) is 4.74 Å². The topological polar surface area (TPSA) is 50.4 Å². The average Bonchev–Trinajstić information content (AvgIpc) is 2.58. The van der Waals surface area contributed by atoms with Gasteiger partial charge in [-0.25, -0.2) is 0 Å². The summed E-state index contributed by atoms with van der Waals surface area (Å²) in [7, 11) is 0. The van der Waals surface area contributed by atoms with Gasteiger partial charge in [-0.05, 0) is 29.8 Å². The van der Waals surface area contributed by atoms with Crippen LogP contribution in [0.1, 0.15) is 5.56 Å². The lowest BCUT2D eigenvalue weighted by atomic mass is 10.2. The van der Waals surface area contributed by atoms with Crippen molar-refractivity contribution in [3.05, 3.63) is 72.8 Å². The molecule has 2 aromatic carbocycles. The van der Waals surface area contributed by atoms with Crippen molar-refractivity contribution in [1.29, 1.82) is 0 Å². The fourth-order valence-electron chi connectivity index (χ4n) is 1.84. The van der Waals surface area contributed by atoms with Crippen molar-refractivity contribution in [3.63, 3.8) is 0 Å². The SMILES string of the molecule is C=CCNC(=O)CNc1ccc(OCc2ccccc2)cc1. The highest BCUT2D eigenvalue weighted by Gasteiger charge is 2.00. The zero-order valence-electron chi connectivity index (χ0n) is 12.4. The van der Waals surface area contributed by atoms with Crippen molar-refractivity contribution in [2.75, 3.05) is 18.4 Å². The summed E-state index contributed by atoms with van der Waals surface area (Å²) in [6.45, 7) is 4.80. The molecule has 0 saturated heterocycles. The van der Waals surface area contributed by atoms with E-state index in [0.29, 0.717) is 13.2 Å². The molecule has 4 nitrogen and oxygen atoms in total. The number of hydrogen-bond donors (Lipinski definition) is 2. The summed E-state index contributed by atoms with van der Waals surface area (Å²) in [5, 5.41) is 5.76. The van der Waals surface area contributed by atoms with Crippen LogP contribution in [-0.2, 0) is 11.4 Å². The molecule has 4 heteroatoms. The Morgan fingerprint density at radius 3 is 2.50 bits per heavy atom. The van der Waals surface area contributed by atoms with E-state index in [1.807, 2.05) is 54.6 Å². The molecule has 2 N–H and O–H groups in total. The van der Waals surface area contributed by atoms with E-state index in [2.05, 4.69) is 17.2 Å². The van der Waals surface area contributed by atoms with Crippen molar-refractivity contribution in [3.8, 4) is 5.75 Å². The molecular formula is C18H20N2O2. The fraction of sp³-hybridized carbons (Fsp3) is 0.167. The van der Waals surface area contributed by atoms with Gasteiger partial charge in [-0.15, -0.1) is 6.58 Å². The van der Waals surface area contributed by atoms with E-state index in [9.17, 15) is 4.79 Å². The Balaban J connectivity index is 1.77. The predicted molar refractivity (Wildman–Crippen MR) is 88.9 cm³/mol. The maximum Gasteiger partial charge on any atom is 0.239 e. The zero-order chi connectivity index (χ0) is 15.6. The molecule has 114 valence electrons. The second-order valence-corrected chi connectivity index (χ2v) is 4.74.